The van der Waals surface area contributed by atoms with Crippen LogP contribution in [0.25, 0.3) is 0 Å². The maximum absolute atomic E-state index is 3.25. The molecule has 0 saturated heterocycles. The van der Waals surface area contributed by atoms with Crippen LogP contribution in [0, 0.1) is 0 Å². The Hall–Kier alpha value is -0.655. The summed E-state index contributed by atoms with van der Waals surface area (Å²) in [4.78, 5) is 3.25. The molecular formula is C7H10BN. The monoisotopic (exact) mass is 119 g/mol. The molecule has 1 aromatic heterocycles. The molecule has 0 amide bonds. The molecule has 1 heterocycles. The van der Waals surface area contributed by atoms with E-state index in [0.29, 0.717) is 0 Å². The fraction of sp³-hybridized carbons (Fsp3) is 0.429. The van der Waals surface area contributed by atoms with Crippen molar-refractivity contribution in [3.8, 4) is 0 Å². The molecule has 9 heavy (non-hydrogen) atoms. The molecular weight excluding hydrogens is 109 g/mol. The number of hydrogen-bond donors (Lipinski definition) is 1. The third-order valence-electron chi connectivity index (χ3n) is 2.05. The number of aromatic amines is 1. The third-order valence-corrected chi connectivity index (χ3v) is 2.05. The Balaban J connectivity index is 2.39. The lowest BCUT2D eigenvalue weighted by Gasteiger charge is -1.94. The molecule has 0 radical (unpaired) electrons. The standard InChI is InChI=1S/C7H10BN/c8-6-3-5-1-2-9-7(5)4-6/h1-2,6,9H,3-4,8H2. The number of H-pyrrole nitrogens is 1. The summed E-state index contributed by atoms with van der Waals surface area (Å²) in [5.74, 6) is 0.868. The van der Waals surface area contributed by atoms with Gasteiger partial charge >= 0.3 is 0 Å². The summed E-state index contributed by atoms with van der Waals surface area (Å²) in [5, 5.41) is 0. The van der Waals surface area contributed by atoms with Crippen LogP contribution in [-0.2, 0) is 12.8 Å². The summed E-state index contributed by atoms with van der Waals surface area (Å²) < 4.78 is 0. The van der Waals surface area contributed by atoms with Crippen LogP contribution in [0.4, 0.5) is 0 Å². The molecule has 1 aromatic rings. The van der Waals surface area contributed by atoms with Crippen LogP contribution >= 0.6 is 0 Å². The molecule has 0 aromatic carbocycles. The molecule has 2 heteroatoms. The zero-order valence-electron chi connectivity index (χ0n) is 5.65. The zero-order valence-corrected chi connectivity index (χ0v) is 5.65. The van der Waals surface area contributed by atoms with Gasteiger partial charge in [-0.15, -0.1) is 0 Å². The van der Waals surface area contributed by atoms with E-state index in [4.69, 9.17) is 0 Å². The van der Waals surface area contributed by atoms with Crippen LogP contribution in [0.5, 0.6) is 0 Å². The van der Waals surface area contributed by atoms with Crippen LogP contribution in [0.1, 0.15) is 11.3 Å². The van der Waals surface area contributed by atoms with E-state index in [-0.39, 0.29) is 0 Å². The fourth-order valence-electron chi connectivity index (χ4n) is 1.61. The molecule has 0 aliphatic heterocycles. The second-order valence-electron chi connectivity index (χ2n) is 2.99. The van der Waals surface area contributed by atoms with Gasteiger partial charge in [0.25, 0.3) is 0 Å². The van der Waals surface area contributed by atoms with Crippen molar-refractivity contribution in [2.75, 3.05) is 0 Å². The predicted molar refractivity (Wildman–Crippen MR) is 40.5 cm³/mol. The van der Waals surface area contributed by atoms with Gasteiger partial charge in [0.1, 0.15) is 7.85 Å². The zero-order chi connectivity index (χ0) is 6.27. The van der Waals surface area contributed by atoms with Gasteiger partial charge in [0.2, 0.25) is 0 Å². The molecule has 0 fully saturated rings. The van der Waals surface area contributed by atoms with Crippen molar-refractivity contribution in [2.24, 2.45) is 0 Å². The van der Waals surface area contributed by atoms with Crippen molar-refractivity contribution < 1.29 is 0 Å². The van der Waals surface area contributed by atoms with Crippen molar-refractivity contribution in [1.82, 2.24) is 4.98 Å². The van der Waals surface area contributed by atoms with Crippen LogP contribution in [-0.4, -0.2) is 12.8 Å². The van der Waals surface area contributed by atoms with Gasteiger partial charge in [0, 0.05) is 11.9 Å². The average molecular weight is 119 g/mol. The molecule has 1 aliphatic rings. The summed E-state index contributed by atoms with van der Waals surface area (Å²) in [6.07, 6.45) is 4.57. The largest absolute Gasteiger partial charge is 0.365 e. The fourth-order valence-corrected chi connectivity index (χ4v) is 1.61. The summed E-state index contributed by atoms with van der Waals surface area (Å²) in [5.41, 5.74) is 2.99. The van der Waals surface area contributed by atoms with Crippen molar-refractivity contribution in [3.05, 3.63) is 23.5 Å². The first-order chi connectivity index (χ1) is 4.36. The first-order valence-corrected chi connectivity index (χ1v) is 3.51. The topological polar surface area (TPSA) is 15.8 Å². The van der Waals surface area contributed by atoms with Crippen LogP contribution in [0.2, 0.25) is 5.82 Å². The number of aromatic nitrogens is 1. The Labute approximate surface area is 55.9 Å². The number of fused-ring (bicyclic) bond motifs is 1. The van der Waals surface area contributed by atoms with E-state index in [1.807, 2.05) is 6.20 Å². The smallest absolute Gasteiger partial charge is 0.106 e. The van der Waals surface area contributed by atoms with E-state index in [1.54, 1.807) is 0 Å². The highest BCUT2D eigenvalue weighted by Crippen LogP contribution is 2.26. The SMILES string of the molecule is BC1Cc2cc[nH]c2C1. The summed E-state index contributed by atoms with van der Waals surface area (Å²) >= 11 is 0. The van der Waals surface area contributed by atoms with Crippen LogP contribution < -0.4 is 0 Å². The highest BCUT2D eigenvalue weighted by Gasteiger charge is 2.17. The molecule has 1 nitrogen and oxygen atoms in total. The Morgan fingerprint density at radius 2 is 2.44 bits per heavy atom. The average Bonchev–Trinajstić information content (AvgIpc) is 2.22. The quantitative estimate of drug-likeness (QED) is 0.479. The molecule has 1 atom stereocenters. The summed E-state index contributed by atoms with van der Waals surface area (Å²) in [6.45, 7) is 0. The minimum atomic E-state index is 0.868. The normalized spacial score (nSPS) is 24.2. The van der Waals surface area contributed by atoms with Gasteiger partial charge in [-0.05, 0) is 24.5 Å². The maximum Gasteiger partial charge on any atom is 0.106 e. The van der Waals surface area contributed by atoms with Crippen molar-refractivity contribution >= 4 is 7.85 Å². The van der Waals surface area contributed by atoms with Gasteiger partial charge in [0.15, 0.2) is 0 Å². The molecule has 0 bridgehead atoms. The van der Waals surface area contributed by atoms with Crippen LogP contribution in [0.15, 0.2) is 12.3 Å². The van der Waals surface area contributed by atoms with Gasteiger partial charge in [0.05, 0.1) is 0 Å². The lowest BCUT2D eigenvalue weighted by Crippen LogP contribution is -1.89. The highest BCUT2D eigenvalue weighted by molar-refractivity contribution is 6.12. The number of hydrogen-bond acceptors (Lipinski definition) is 0. The predicted octanol–water partition coefficient (Wildman–Crippen LogP) is 0.535. The summed E-state index contributed by atoms with van der Waals surface area (Å²) in [7, 11) is 2.30. The number of nitrogens with one attached hydrogen (secondary N) is 1. The van der Waals surface area contributed by atoms with E-state index < -0.39 is 0 Å². The van der Waals surface area contributed by atoms with E-state index in [0.717, 1.165) is 5.82 Å². The molecule has 1 unspecified atom stereocenters. The van der Waals surface area contributed by atoms with Gasteiger partial charge in [-0.2, -0.15) is 0 Å². The Kier molecular flexibility index (Phi) is 0.951. The minimum Gasteiger partial charge on any atom is -0.365 e. The molecule has 1 aliphatic carbocycles. The second-order valence-corrected chi connectivity index (χ2v) is 2.99. The van der Waals surface area contributed by atoms with E-state index in [1.165, 1.54) is 24.1 Å². The van der Waals surface area contributed by atoms with E-state index >= 15 is 0 Å². The van der Waals surface area contributed by atoms with E-state index in [9.17, 15) is 0 Å². The van der Waals surface area contributed by atoms with Crippen molar-refractivity contribution in [3.63, 3.8) is 0 Å². The van der Waals surface area contributed by atoms with Gasteiger partial charge in [-0.1, -0.05) is 5.82 Å². The molecule has 1 N–H and O–H groups in total. The van der Waals surface area contributed by atoms with Gasteiger partial charge in [-0.25, -0.2) is 0 Å². The minimum absolute atomic E-state index is 0.868. The molecule has 0 spiro atoms. The van der Waals surface area contributed by atoms with Gasteiger partial charge in [-0.3, -0.25) is 0 Å². The van der Waals surface area contributed by atoms with Crippen molar-refractivity contribution in [1.29, 1.82) is 0 Å². The first-order valence-electron chi connectivity index (χ1n) is 3.51. The lowest BCUT2D eigenvalue weighted by molar-refractivity contribution is 0.887. The third kappa shape index (κ3) is 0.697. The lowest BCUT2D eigenvalue weighted by atomic mass is 9.85. The Morgan fingerprint density at radius 1 is 1.56 bits per heavy atom. The Morgan fingerprint density at radius 3 is 3.22 bits per heavy atom. The maximum atomic E-state index is 3.25. The molecule has 46 valence electrons. The molecule has 0 saturated carbocycles. The Bertz CT molecular complexity index is 196. The first kappa shape index (κ1) is 5.16. The highest BCUT2D eigenvalue weighted by atomic mass is 14.7. The van der Waals surface area contributed by atoms with Crippen molar-refractivity contribution in [2.45, 2.75) is 18.7 Å². The van der Waals surface area contributed by atoms with Crippen LogP contribution in [0.3, 0.4) is 0 Å². The number of rotatable bonds is 0. The van der Waals surface area contributed by atoms with Gasteiger partial charge < -0.3 is 4.98 Å². The van der Waals surface area contributed by atoms with E-state index in [2.05, 4.69) is 18.9 Å². The molecule has 2 rings (SSSR count). The second kappa shape index (κ2) is 1.66. The summed E-state index contributed by atoms with van der Waals surface area (Å²) in [6, 6.07) is 2.19.